The smallest absolute Gasteiger partial charge is 0.0406 e. The van der Waals surface area contributed by atoms with Gasteiger partial charge in [0.25, 0.3) is 0 Å². The van der Waals surface area contributed by atoms with E-state index in [1.165, 1.54) is 5.56 Å². The van der Waals surface area contributed by atoms with Crippen molar-refractivity contribution in [2.24, 2.45) is 0 Å². The van der Waals surface area contributed by atoms with E-state index in [0.717, 1.165) is 18.1 Å². The number of rotatable bonds is 6. The summed E-state index contributed by atoms with van der Waals surface area (Å²) in [4.78, 5) is 0. The Morgan fingerprint density at radius 2 is 1.69 bits per heavy atom. The summed E-state index contributed by atoms with van der Waals surface area (Å²) in [6, 6.07) is 8.97. The van der Waals surface area contributed by atoms with Crippen molar-refractivity contribution < 1.29 is 0 Å². The lowest BCUT2D eigenvalue weighted by Gasteiger charge is -2.16. The van der Waals surface area contributed by atoms with E-state index >= 15 is 0 Å². The van der Waals surface area contributed by atoms with Gasteiger partial charge in [-0.05, 0) is 24.6 Å². The van der Waals surface area contributed by atoms with Crippen LogP contribution in [0.15, 0.2) is 24.3 Å². The van der Waals surface area contributed by atoms with Crippen LogP contribution in [0.4, 0.5) is 0 Å². The second-order valence-corrected chi connectivity index (χ2v) is 4.91. The Kier molecular flexibility index (Phi) is 5.81. The number of hydrogen-bond donors (Lipinski definition) is 2. The lowest BCUT2D eigenvalue weighted by molar-refractivity contribution is 0.474. The highest BCUT2D eigenvalue weighted by Gasteiger charge is 2.02. The maximum Gasteiger partial charge on any atom is 0.0406 e. The van der Waals surface area contributed by atoms with Crippen molar-refractivity contribution in [3.8, 4) is 0 Å². The summed E-state index contributed by atoms with van der Waals surface area (Å²) >= 11 is 5.83. The van der Waals surface area contributed by atoms with Gasteiger partial charge in [-0.25, -0.2) is 0 Å². The summed E-state index contributed by atoms with van der Waals surface area (Å²) in [7, 11) is 0. The van der Waals surface area contributed by atoms with Crippen LogP contribution in [0.5, 0.6) is 0 Å². The van der Waals surface area contributed by atoms with Gasteiger partial charge in [-0.1, -0.05) is 37.6 Å². The average Bonchev–Trinajstić information content (AvgIpc) is 2.25. The second-order valence-electron chi connectivity index (χ2n) is 4.47. The first-order valence-corrected chi connectivity index (χ1v) is 6.17. The molecule has 1 aromatic rings. The average molecular weight is 241 g/mol. The van der Waals surface area contributed by atoms with E-state index in [1.54, 1.807) is 0 Å². The van der Waals surface area contributed by atoms with Crippen LogP contribution in [0.1, 0.15) is 26.3 Å². The van der Waals surface area contributed by atoms with Crippen LogP contribution in [0, 0.1) is 0 Å². The normalized spacial score (nSPS) is 13.1. The second kappa shape index (κ2) is 6.89. The van der Waals surface area contributed by atoms with Gasteiger partial charge < -0.3 is 10.6 Å². The van der Waals surface area contributed by atoms with Crippen molar-refractivity contribution in [3.05, 3.63) is 34.9 Å². The van der Waals surface area contributed by atoms with Gasteiger partial charge in [0.05, 0.1) is 0 Å². The maximum atomic E-state index is 5.83. The summed E-state index contributed by atoms with van der Waals surface area (Å²) in [6.45, 7) is 8.38. The molecule has 0 aliphatic heterocycles. The number of nitrogens with one attached hydrogen (secondary N) is 2. The molecule has 16 heavy (non-hydrogen) atoms. The monoisotopic (exact) mass is 240 g/mol. The van der Waals surface area contributed by atoms with E-state index in [9.17, 15) is 0 Å². The molecule has 90 valence electrons. The Balaban J connectivity index is 2.26. The van der Waals surface area contributed by atoms with E-state index in [0.29, 0.717) is 12.1 Å². The minimum absolute atomic E-state index is 0.470. The topological polar surface area (TPSA) is 24.1 Å². The first-order valence-electron chi connectivity index (χ1n) is 5.79. The highest BCUT2D eigenvalue weighted by atomic mass is 35.5. The Bertz CT molecular complexity index is 295. The molecule has 0 saturated carbocycles. The van der Waals surface area contributed by atoms with Crippen molar-refractivity contribution in [2.45, 2.75) is 39.4 Å². The van der Waals surface area contributed by atoms with E-state index < -0.39 is 0 Å². The van der Waals surface area contributed by atoms with Gasteiger partial charge >= 0.3 is 0 Å². The molecule has 2 N–H and O–H groups in total. The van der Waals surface area contributed by atoms with Gasteiger partial charge in [0.1, 0.15) is 0 Å². The predicted octanol–water partition coefficient (Wildman–Crippen LogP) is 2.82. The molecule has 0 heterocycles. The molecule has 0 saturated heterocycles. The van der Waals surface area contributed by atoms with Crippen molar-refractivity contribution in [1.82, 2.24) is 10.6 Å². The summed E-state index contributed by atoms with van der Waals surface area (Å²) < 4.78 is 0. The summed E-state index contributed by atoms with van der Waals surface area (Å²) in [5.41, 5.74) is 1.26. The van der Waals surface area contributed by atoms with Crippen molar-refractivity contribution in [2.75, 3.05) is 6.54 Å². The molecule has 1 unspecified atom stereocenters. The number of benzene rings is 1. The van der Waals surface area contributed by atoms with Crippen LogP contribution in [0.3, 0.4) is 0 Å². The van der Waals surface area contributed by atoms with Crippen LogP contribution in [0.2, 0.25) is 5.02 Å². The van der Waals surface area contributed by atoms with Gasteiger partial charge in [0.15, 0.2) is 0 Å². The molecular weight excluding hydrogens is 220 g/mol. The van der Waals surface area contributed by atoms with E-state index in [2.05, 4.69) is 43.5 Å². The fourth-order valence-electron chi connectivity index (χ4n) is 1.38. The molecule has 3 heteroatoms. The fourth-order valence-corrected chi connectivity index (χ4v) is 1.50. The van der Waals surface area contributed by atoms with Crippen LogP contribution in [-0.4, -0.2) is 18.6 Å². The van der Waals surface area contributed by atoms with Crippen LogP contribution >= 0.6 is 11.6 Å². The minimum Gasteiger partial charge on any atom is -0.313 e. The van der Waals surface area contributed by atoms with E-state index in [4.69, 9.17) is 11.6 Å². The zero-order chi connectivity index (χ0) is 12.0. The van der Waals surface area contributed by atoms with Gasteiger partial charge in [-0.15, -0.1) is 0 Å². The zero-order valence-corrected chi connectivity index (χ0v) is 11.0. The molecule has 0 amide bonds. The molecule has 0 aliphatic rings. The molecule has 0 fully saturated rings. The third kappa shape index (κ3) is 5.50. The molecule has 1 aromatic carbocycles. The molecule has 0 aromatic heterocycles. The third-order valence-electron chi connectivity index (χ3n) is 2.40. The van der Waals surface area contributed by atoms with E-state index in [1.807, 2.05) is 12.1 Å². The predicted molar refractivity (Wildman–Crippen MR) is 70.9 cm³/mol. The quantitative estimate of drug-likeness (QED) is 0.799. The Morgan fingerprint density at radius 1 is 1.06 bits per heavy atom. The summed E-state index contributed by atoms with van der Waals surface area (Å²) in [5.74, 6) is 0. The molecule has 1 rings (SSSR count). The molecule has 2 nitrogen and oxygen atoms in total. The molecule has 0 spiro atoms. The Labute approximate surface area is 103 Å². The molecule has 0 bridgehead atoms. The van der Waals surface area contributed by atoms with Gasteiger partial charge in [0.2, 0.25) is 0 Å². The first kappa shape index (κ1) is 13.5. The fraction of sp³-hybridized carbons (Fsp3) is 0.538. The molecule has 0 aliphatic carbocycles. The lowest BCUT2D eigenvalue weighted by Crippen LogP contribution is -2.38. The summed E-state index contributed by atoms with van der Waals surface area (Å²) in [5, 5.41) is 7.67. The summed E-state index contributed by atoms with van der Waals surface area (Å²) in [6.07, 6.45) is 0. The first-order chi connectivity index (χ1) is 7.58. The van der Waals surface area contributed by atoms with E-state index in [-0.39, 0.29) is 0 Å². The van der Waals surface area contributed by atoms with Gasteiger partial charge in [-0.3, -0.25) is 0 Å². The van der Waals surface area contributed by atoms with Gasteiger partial charge in [0, 0.05) is 30.2 Å². The highest BCUT2D eigenvalue weighted by Crippen LogP contribution is 2.09. The molecule has 0 radical (unpaired) electrons. The number of halogens is 1. The standard InChI is InChI=1S/C13H21ClN2/c1-10(2)15-8-11(3)16-9-12-4-6-13(14)7-5-12/h4-7,10-11,15-16H,8-9H2,1-3H3. The lowest BCUT2D eigenvalue weighted by atomic mass is 10.2. The van der Waals surface area contributed by atoms with Crippen molar-refractivity contribution in [3.63, 3.8) is 0 Å². The van der Waals surface area contributed by atoms with Crippen molar-refractivity contribution in [1.29, 1.82) is 0 Å². The minimum atomic E-state index is 0.470. The molecule has 1 atom stereocenters. The van der Waals surface area contributed by atoms with Gasteiger partial charge in [-0.2, -0.15) is 0 Å². The highest BCUT2D eigenvalue weighted by molar-refractivity contribution is 6.30. The van der Waals surface area contributed by atoms with Crippen molar-refractivity contribution >= 4 is 11.6 Å². The largest absolute Gasteiger partial charge is 0.313 e. The van der Waals surface area contributed by atoms with Crippen LogP contribution < -0.4 is 10.6 Å². The third-order valence-corrected chi connectivity index (χ3v) is 2.65. The number of hydrogen-bond acceptors (Lipinski definition) is 2. The zero-order valence-electron chi connectivity index (χ0n) is 10.3. The Morgan fingerprint density at radius 3 is 2.25 bits per heavy atom. The van der Waals surface area contributed by atoms with Crippen LogP contribution in [0.25, 0.3) is 0 Å². The van der Waals surface area contributed by atoms with Crippen LogP contribution in [-0.2, 0) is 6.54 Å². The SMILES string of the molecule is CC(C)NCC(C)NCc1ccc(Cl)cc1. The maximum absolute atomic E-state index is 5.83. The molecular formula is C13H21ClN2. The Hall–Kier alpha value is -0.570.